The fourth-order valence-corrected chi connectivity index (χ4v) is 2.43. The van der Waals surface area contributed by atoms with Gasteiger partial charge in [-0.15, -0.1) is 11.3 Å². The maximum absolute atomic E-state index is 12.5. The molecule has 0 aliphatic heterocycles. The van der Waals surface area contributed by atoms with Crippen LogP contribution in [0.3, 0.4) is 0 Å². The topological polar surface area (TPSA) is 88.4 Å². The number of nitro groups is 1. The van der Waals surface area contributed by atoms with Gasteiger partial charge in [0.15, 0.2) is 0 Å². The highest BCUT2D eigenvalue weighted by molar-refractivity contribution is 7.07. The normalized spacial score (nSPS) is 10.2. The van der Waals surface area contributed by atoms with Crippen LogP contribution < -0.4 is 5.32 Å². The lowest BCUT2D eigenvalue weighted by Crippen LogP contribution is -2.27. The van der Waals surface area contributed by atoms with Crippen LogP contribution in [0.5, 0.6) is 0 Å². The van der Waals surface area contributed by atoms with E-state index in [0.29, 0.717) is 12.2 Å². The summed E-state index contributed by atoms with van der Waals surface area (Å²) in [5, 5.41) is 15.6. The zero-order valence-corrected chi connectivity index (χ0v) is 12.4. The van der Waals surface area contributed by atoms with E-state index in [1.165, 1.54) is 34.4 Å². The van der Waals surface area contributed by atoms with Gasteiger partial charge in [-0.2, -0.15) is 0 Å². The van der Waals surface area contributed by atoms with Crippen molar-refractivity contribution in [3.05, 3.63) is 50.5 Å². The van der Waals surface area contributed by atoms with Gasteiger partial charge in [0.2, 0.25) is 0 Å². The minimum atomic E-state index is -0.517. The second kappa shape index (κ2) is 6.31. The predicted octanol–water partition coefficient (Wildman–Crippen LogP) is 2.37. The smallest absolute Gasteiger partial charge is 0.270 e. The molecule has 21 heavy (non-hydrogen) atoms. The molecule has 0 unspecified atom stereocenters. The van der Waals surface area contributed by atoms with Crippen LogP contribution >= 0.6 is 11.3 Å². The Morgan fingerprint density at radius 3 is 2.86 bits per heavy atom. The molecule has 110 valence electrons. The van der Waals surface area contributed by atoms with Crippen LogP contribution in [0.2, 0.25) is 0 Å². The van der Waals surface area contributed by atoms with Crippen molar-refractivity contribution in [2.24, 2.45) is 0 Å². The first-order valence-electron chi connectivity index (χ1n) is 6.11. The molecule has 1 aromatic heterocycles. The molecule has 0 fully saturated rings. The fraction of sp³-hybridized carbons (Fsp3) is 0.231. The molecule has 1 aromatic carbocycles. The maximum atomic E-state index is 12.5. The maximum Gasteiger partial charge on any atom is 0.270 e. The predicted molar refractivity (Wildman–Crippen MR) is 80.6 cm³/mol. The number of benzene rings is 1. The summed E-state index contributed by atoms with van der Waals surface area (Å²) in [6.45, 7) is 0.355. The number of aromatic nitrogens is 1. The van der Waals surface area contributed by atoms with E-state index >= 15 is 0 Å². The molecule has 0 bridgehead atoms. The average molecular weight is 306 g/mol. The second-order valence-corrected chi connectivity index (χ2v) is 5.10. The number of carbonyl (C=O) groups is 1. The lowest BCUT2D eigenvalue weighted by atomic mass is 10.1. The highest BCUT2D eigenvalue weighted by Crippen LogP contribution is 2.23. The van der Waals surface area contributed by atoms with Crippen LogP contribution in [0.25, 0.3) is 0 Å². The summed E-state index contributed by atoms with van der Waals surface area (Å²) in [5.74, 6) is -0.295. The summed E-state index contributed by atoms with van der Waals surface area (Å²) in [5.41, 5.74) is 3.19. The van der Waals surface area contributed by atoms with E-state index in [0.717, 1.165) is 5.69 Å². The van der Waals surface area contributed by atoms with Gasteiger partial charge in [-0.25, -0.2) is 4.98 Å². The van der Waals surface area contributed by atoms with Gasteiger partial charge in [0.1, 0.15) is 0 Å². The number of hydrogen-bond acceptors (Lipinski definition) is 6. The molecule has 0 spiro atoms. The number of carbonyl (C=O) groups excluding carboxylic acids is 1. The number of nitro benzene ring substituents is 1. The lowest BCUT2D eigenvalue weighted by molar-refractivity contribution is -0.384. The van der Waals surface area contributed by atoms with E-state index in [1.54, 1.807) is 19.6 Å². The quantitative estimate of drug-likeness (QED) is 0.676. The number of hydrogen-bond donors (Lipinski definition) is 1. The van der Waals surface area contributed by atoms with Crippen LogP contribution in [0.4, 0.5) is 11.4 Å². The minimum absolute atomic E-state index is 0.112. The van der Waals surface area contributed by atoms with Crippen molar-refractivity contribution in [1.29, 1.82) is 0 Å². The molecule has 2 rings (SSSR count). The summed E-state index contributed by atoms with van der Waals surface area (Å²) in [6.07, 6.45) is 0. The number of amides is 1. The number of non-ortho nitro benzene ring substituents is 1. The standard InChI is InChI=1S/C13H14N4O3S/c1-14-12-4-3-10(17(19)20)5-11(12)13(18)16(2)6-9-7-21-8-15-9/h3-5,7-8,14H,6H2,1-2H3. The van der Waals surface area contributed by atoms with Gasteiger partial charge >= 0.3 is 0 Å². The Morgan fingerprint density at radius 1 is 1.52 bits per heavy atom. The molecule has 0 aliphatic rings. The molecule has 1 heterocycles. The molecular formula is C13H14N4O3S. The van der Waals surface area contributed by atoms with Gasteiger partial charge in [0.25, 0.3) is 11.6 Å². The highest BCUT2D eigenvalue weighted by atomic mass is 32.1. The first-order valence-corrected chi connectivity index (χ1v) is 7.06. The molecule has 0 radical (unpaired) electrons. The zero-order chi connectivity index (χ0) is 15.4. The second-order valence-electron chi connectivity index (χ2n) is 4.38. The number of thiazole rings is 1. The van der Waals surface area contributed by atoms with Crippen LogP contribution in [0, 0.1) is 10.1 Å². The first-order chi connectivity index (χ1) is 10.0. The van der Waals surface area contributed by atoms with Crippen LogP contribution in [0.1, 0.15) is 16.1 Å². The molecule has 0 saturated carbocycles. The minimum Gasteiger partial charge on any atom is -0.387 e. The largest absolute Gasteiger partial charge is 0.387 e. The monoisotopic (exact) mass is 306 g/mol. The molecule has 1 amide bonds. The Balaban J connectivity index is 2.28. The molecule has 0 atom stereocenters. The molecule has 0 aliphatic carbocycles. The lowest BCUT2D eigenvalue weighted by Gasteiger charge is -2.17. The van der Waals surface area contributed by atoms with E-state index in [4.69, 9.17) is 0 Å². The zero-order valence-electron chi connectivity index (χ0n) is 11.6. The Morgan fingerprint density at radius 2 is 2.29 bits per heavy atom. The average Bonchev–Trinajstić information content (AvgIpc) is 2.98. The van der Waals surface area contributed by atoms with Crippen molar-refractivity contribution in [2.75, 3.05) is 19.4 Å². The number of rotatable bonds is 5. The van der Waals surface area contributed by atoms with Gasteiger partial charge in [-0.3, -0.25) is 14.9 Å². The Bertz CT molecular complexity index is 657. The summed E-state index contributed by atoms with van der Waals surface area (Å²) < 4.78 is 0. The molecule has 0 saturated heterocycles. The third-order valence-electron chi connectivity index (χ3n) is 2.94. The van der Waals surface area contributed by atoms with E-state index in [9.17, 15) is 14.9 Å². The summed E-state index contributed by atoms with van der Waals surface area (Å²) in [6, 6.07) is 4.18. The van der Waals surface area contributed by atoms with Gasteiger partial charge in [0.05, 0.1) is 28.2 Å². The fourth-order valence-electron chi connectivity index (χ4n) is 1.88. The van der Waals surface area contributed by atoms with Crippen LogP contribution in [-0.2, 0) is 6.54 Å². The third-order valence-corrected chi connectivity index (χ3v) is 3.58. The van der Waals surface area contributed by atoms with Crippen molar-refractivity contribution in [2.45, 2.75) is 6.54 Å². The van der Waals surface area contributed by atoms with Gasteiger partial charge in [-0.05, 0) is 6.07 Å². The van der Waals surface area contributed by atoms with Crippen LogP contribution in [0.15, 0.2) is 29.1 Å². The summed E-state index contributed by atoms with van der Waals surface area (Å²) >= 11 is 1.45. The molecule has 7 nitrogen and oxygen atoms in total. The summed E-state index contributed by atoms with van der Waals surface area (Å²) in [4.78, 5) is 28.4. The third kappa shape index (κ3) is 3.34. The van der Waals surface area contributed by atoms with Crippen molar-refractivity contribution in [3.63, 3.8) is 0 Å². The van der Waals surface area contributed by atoms with Crippen molar-refractivity contribution in [1.82, 2.24) is 9.88 Å². The molecule has 8 heteroatoms. The van der Waals surface area contributed by atoms with Gasteiger partial charge in [0, 0.05) is 37.3 Å². The molecule has 2 aromatic rings. The van der Waals surface area contributed by atoms with E-state index in [1.807, 2.05) is 5.38 Å². The summed E-state index contributed by atoms with van der Waals surface area (Å²) in [7, 11) is 3.30. The van der Waals surface area contributed by atoms with E-state index in [-0.39, 0.29) is 17.2 Å². The van der Waals surface area contributed by atoms with Gasteiger partial charge in [-0.1, -0.05) is 0 Å². The van der Waals surface area contributed by atoms with E-state index in [2.05, 4.69) is 10.3 Å². The molecular weight excluding hydrogens is 292 g/mol. The Labute approximate surface area is 125 Å². The number of nitrogens with one attached hydrogen (secondary N) is 1. The van der Waals surface area contributed by atoms with Crippen molar-refractivity contribution in [3.8, 4) is 0 Å². The van der Waals surface area contributed by atoms with Crippen LogP contribution in [-0.4, -0.2) is 34.8 Å². The van der Waals surface area contributed by atoms with Crippen molar-refractivity contribution < 1.29 is 9.72 Å². The Hall–Kier alpha value is -2.48. The SMILES string of the molecule is CNc1ccc([N+](=O)[O-])cc1C(=O)N(C)Cc1cscn1. The highest BCUT2D eigenvalue weighted by Gasteiger charge is 2.19. The Kier molecular flexibility index (Phi) is 4.49. The number of nitrogens with zero attached hydrogens (tertiary/aromatic N) is 3. The van der Waals surface area contributed by atoms with Crippen molar-refractivity contribution >= 4 is 28.6 Å². The number of anilines is 1. The molecule has 1 N–H and O–H groups in total. The first kappa shape index (κ1) is 14.9. The van der Waals surface area contributed by atoms with E-state index < -0.39 is 4.92 Å². The van der Waals surface area contributed by atoms with Gasteiger partial charge < -0.3 is 10.2 Å².